The number of hydrogen-bond donors (Lipinski definition) is 0. The number of benzene rings is 1. The Labute approximate surface area is 110 Å². The van der Waals surface area contributed by atoms with Gasteiger partial charge in [-0.3, -0.25) is 0 Å². The van der Waals surface area contributed by atoms with E-state index in [2.05, 4.69) is 17.0 Å². The zero-order chi connectivity index (χ0) is 12.5. The van der Waals surface area contributed by atoms with Crippen LogP contribution in [-0.4, -0.2) is 14.8 Å². The zero-order valence-electron chi connectivity index (χ0n) is 9.97. The number of rotatable bonds is 2. The van der Waals surface area contributed by atoms with E-state index in [0.29, 0.717) is 5.02 Å². The average molecular weight is 258 g/mol. The van der Waals surface area contributed by atoms with Crippen LogP contribution in [-0.2, 0) is 6.42 Å². The molecule has 3 nitrogen and oxygen atoms in total. The Morgan fingerprint density at radius 2 is 1.94 bits per heavy atom. The summed E-state index contributed by atoms with van der Waals surface area (Å²) < 4.78 is 1.85. The molecule has 0 fully saturated rings. The van der Waals surface area contributed by atoms with Gasteiger partial charge in [-0.15, -0.1) is 0 Å². The van der Waals surface area contributed by atoms with E-state index in [1.165, 1.54) is 0 Å². The summed E-state index contributed by atoms with van der Waals surface area (Å²) in [6.07, 6.45) is 2.55. The Bertz CT molecular complexity index is 689. The van der Waals surface area contributed by atoms with E-state index in [9.17, 15) is 0 Å². The van der Waals surface area contributed by atoms with Crippen molar-refractivity contribution in [3.63, 3.8) is 0 Å². The van der Waals surface area contributed by atoms with Gasteiger partial charge in [-0.25, -0.2) is 9.67 Å². The molecule has 18 heavy (non-hydrogen) atoms. The van der Waals surface area contributed by atoms with Gasteiger partial charge in [0, 0.05) is 6.20 Å². The Hall–Kier alpha value is -1.87. The van der Waals surface area contributed by atoms with Gasteiger partial charge in [-0.1, -0.05) is 36.7 Å². The van der Waals surface area contributed by atoms with Crippen LogP contribution < -0.4 is 0 Å². The minimum absolute atomic E-state index is 0.707. The van der Waals surface area contributed by atoms with Crippen molar-refractivity contribution in [2.45, 2.75) is 13.3 Å². The van der Waals surface area contributed by atoms with Gasteiger partial charge in [-0.2, -0.15) is 5.10 Å². The summed E-state index contributed by atoms with van der Waals surface area (Å²) in [6, 6.07) is 11.8. The molecule has 0 saturated heterocycles. The minimum atomic E-state index is 0.707. The molecule has 0 amide bonds. The first-order valence-corrected chi connectivity index (χ1v) is 6.26. The van der Waals surface area contributed by atoms with E-state index in [0.717, 1.165) is 28.8 Å². The number of hydrogen-bond acceptors (Lipinski definition) is 2. The first kappa shape index (κ1) is 11.2. The molecule has 0 unspecified atom stereocenters. The molecule has 0 atom stereocenters. The van der Waals surface area contributed by atoms with Crippen molar-refractivity contribution in [1.82, 2.24) is 14.8 Å². The maximum atomic E-state index is 6.25. The Balaban J connectivity index is 2.35. The quantitative estimate of drug-likeness (QED) is 0.702. The average Bonchev–Trinajstić information content (AvgIpc) is 2.80. The zero-order valence-corrected chi connectivity index (χ0v) is 10.7. The third-order valence-electron chi connectivity index (χ3n) is 2.93. The molecule has 1 aromatic carbocycles. The van der Waals surface area contributed by atoms with E-state index < -0.39 is 0 Å². The minimum Gasteiger partial charge on any atom is -0.236 e. The van der Waals surface area contributed by atoms with Crippen molar-refractivity contribution in [2.24, 2.45) is 0 Å². The predicted octanol–water partition coefficient (Wildman–Crippen LogP) is 3.64. The van der Waals surface area contributed by atoms with E-state index in [4.69, 9.17) is 11.6 Å². The van der Waals surface area contributed by atoms with Gasteiger partial charge in [0.05, 0.1) is 21.8 Å². The van der Waals surface area contributed by atoms with Crippen LogP contribution in [0.4, 0.5) is 0 Å². The van der Waals surface area contributed by atoms with E-state index in [1.807, 2.05) is 35.0 Å². The highest BCUT2D eigenvalue weighted by atomic mass is 35.5. The van der Waals surface area contributed by atoms with Crippen LogP contribution in [0.5, 0.6) is 0 Å². The van der Waals surface area contributed by atoms with Crippen molar-refractivity contribution in [3.05, 3.63) is 53.3 Å². The number of fused-ring (bicyclic) bond motifs is 1. The number of para-hydroxylation sites is 1. The van der Waals surface area contributed by atoms with Gasteiger partial charge >= 0.3 is 0 Å². The number of pyridine rings is 1. The van der Waals surface area contributed by atoms with Crippen LogP contribution >= 0.6 is 11.6 Å². The van der Waals surface area contributed by atoms with Crippen LogP contribution in [0.3, 0.4) is 0 Å². The number of aryl methyl sites for hydroxylation is 1. The second-order valence-corrected chi connectivity index (χ2v) is 4.45. The topological polar surface area (TPSA) is 30.7 Å². The summed E-state index contributed by atoms with van der Waals surface area (Å²) in [7, 11) is 0. The third-order valence-corrected chi connectivity index (χ3v) is 3.24. The van der Waals surface area contributed by atoms with Crippen molar-refractivity contribution < 1.29 is 0 Å². The summed E-state index contributed by atoms with van der Waals surface area (Å²) in [5, 5.41) is 6.27. The fourth-order valence-electron chi connectivity index (χ4n) is 2.07. The van der Waals surface area contributed by atoms with Gasteiger partial charge in [0.2, 0.25) is 0 Å². The normalized spacial score (nSPS) is 11.0. The van der Waals surface area contributed by atoms with Crippen LogP contribution in [0, 0.1) is 0 Å². The lowest BCUT2D eigenvalue weighted by molar-refractivity contribution is 0.854. The lowest BCUT2D eigenvalue weighted by atomic mass is 10.2. The fourth-order valence-corrected chi connectivity index (χ4v) is 2.32. The lowest BCUT2D eigenvalue weighted by Gasteiger charge is -2.01. The van der Waals surface area contributed by atoms with Crippen LogP contribution in [0.1, 0.15) is 12.6 Å². The molecule has 2 heterocycles. The number of nitrogens with zero attached hydrogens (tertiary/aromatic N) is 3. The SMILES string of the molecule is CCc1nn(-c2ccccc2)c2nccc(Cl)c12. The molecule has 0 spiro atoms. The van der Waals surface area contributed by atoms with Crippen LogP contribution in [0.25, 0.3) is 16.7 Å². The first-order chi connectivity index (χ1) is 8.81. The van der Waals surface area contributed by atoms with E-state index >= 15 is 0 Å². The highest BCUT2D eigenvalue weighted by molar-refractivity contribution is 6.35. The molecule has 0 N–H and O–H groups in total. The molecule has 3 aromatic rings. The molecule has 0 aliphatic carbocycles. The highest BCUT2D eigenvalue weighted by Gasteiger charge is 2.14. The largest absolute Gasteiger partial charge is 0.236 e. The monoisotopic (exact) mass is 257 g/mol. The number of halogens is 1. The van der Waals surface area contributed by atoms with Gasteiger partial charge in [0.25, 0.3) is 0 Å². The molecule has 0 aliphatic rings. The Kier molecular flexibility index (Phi) is 2.76. The molecule has 90 valence electrons. The molecule has 0 aliphatic heterocycles. The molecular weight excluding hydrogens is 246 g/mol. The number of aromatic nitrogens is 3. The molecule has 3 rings (SSSR count). The van der Waals surface area contributed by atoms with Crippen LogP contribution in [0.15, 0.2) is 42.6 Å². The van der Waals surface area contributed by atoms with Crippen LogP contribution in [0.2, 0.25) is 5.02 Å². The summed E-state index contributed by atoms with van der Waals surface area (Å²) >= 11 is 6.25. The van der Waals surface area contributed by atoms with Gasteiger partial charge < -0.3 is 0 Å². The third kappa shape index (κ3) is 1.68. The maximum absolute atomic E-state index is 6.25. The maximum Gasteiger partial charge on any atom is 0.164 e. The standard InChI is InChI=1S/C14H12ClN3/c1-2-12-13-11(15)8-9-16-14(13)18(17-12)10-6-4-3-5-7-10/h3-9H,2H2,1H3. The summed E-state index contributed by atoms with van der Waals surface area (Å²) in [4.78, 5) is 4.40. The van der Waals surface area contributed by atoms with E-state index in [1.54, 1.807) is 12.3 Å². The smallest absolute Gasteiger partial charge is 0.164 e. The lowest BCUT2D eigenvalue weighted by Crippen LogP contribution is -1.97. The van der Waals surface area contributed by atoms with Crippen molar-refractivity contribution in [2.75, 3.05) is 0 Å². The van der Waals surface area contributed by atoms with Gasteiger partial charge in [0.15, 0.2) is 5.65 Å². The summed E-state index contributed by atoms with van der Waals surface area (Å²) in [6.45, 7) is 2.07. The van der Waals surface area contributed by atoms with Crippen molar-refractivity contribution in [1.29, 1.82) is 0 Å². The Morgan fingerprint density at radius 1 is 1.17 bits per heavy atom. The molecular formula is C14H12ClN3. The molecule has 0 bridgehead atoms. The predicted molar refractivity (Wildman–Crippen MR) is 73.3 cm³/mol. The summed E-state index contributed by atoms with van der Waals surface area (Å²) in [5.74, 6) is 0. The fraction of sp³-hybridized carbons (Fsp3) is 0.143. The van der Waals surface area contributed by atoms with Gasteiger partial charge in [0.1, 0.15) is 0 Å². The van der Waals surface area contributed by atoms with Gasteiger partial charge in [-0.05, 0) is 24.6 Å². The molecule has 4 heteroatoms. The molecule has 2 aromatic heterocycles. The summed E-state index contributed by atoms with van der Waals surface area (Å²) in [5.41, 5.74) is 2.79. The Morgan fingerprint density at radius 3 is 2.67 bits per heavy atom. The second kappa shape index (κ2) is 4.42. The molecule has 0 saturated carbocycles. The van der Waals surface area contributed by atoms with Crippen molar-refractivity contribution in [3.8, 4) is 5.69 Å². The van der Waals surface area contributed by atoms with E-state index in [-0.39, 0.29) is 0 Å². The second-order valence-electron chi connectivity index (χ2n) is 4.04. The first-order valence-electron chi connectivity index (χ1n) is 5.88. The highest BCUT2D eigenvalue weighted by Crippen LogP contribution is 2.27. The molecule has 0 radical (unpaired) electrons. The van der Waals surface area contributed by atoms with Crippen molar-refractivity contribution >= 4 is 22.6 Å².